The van der Waals surface area contributed by atoms with Crippen LogP contribution < -0.4 is 5.73 Å². The van der Waals surface area contributed by atoms with Crippen LogP contribution in [0.25, 0.3) is 11.0 Å². The smallest absolute Gasteiger partial charge is 0.197 e. The normalized spacial score (nSPS) is 12.7. The summed E-state index contributed by atoms with van der Waals surface area (Å²) < 4.78 is 25.9. The van der Waals surface area contributed by atoms with Crippen molar-refractivity contribution in [1.82, 2.24) is 9.97 Å². The van der Waals surface area contributed by atoms with Crippen LogP contribution in [-0.4, -0.2) is 14.2 Å². The van der Waals surface area contributed by atoms with E-state index in [1.807, 2.05) is 0 Å². The monoisotopic (exact) mass is 367 g/mol. The molecular weight excluding hydrogens is 357 g/mol. The van der Waals surface area contributed by atoms with Crippen LogP contribution in [0.4, 0.5) is 10.1 Å². The molecule has 0 radical (unpaired) electrons. The Hall–Kier alpha value is -1.73. The minimum absolute atomic E-state index is 0.258. The van der Waals surface area contributed by atoms with Gasteiger partial charge in [-0.05, 0) is 51.8 Å². The van der Waals surface area contributed by atoms with Crippen molar-refractivity contribution in [2.75, 3.05) is 5.73 Å². The quantitative estimate of drug-likeness (QED) is 0.697. The zero-order chi connectivity index (χ0) is 15.0. The van der Waals surface area contributed by atoms with Crippen molar-refractivity contribution in [3.8, 4) is 0 Å². The molecule has 7 heteroatoms. The number of hydrogen-bond donors (Lipinski definition) is 2. The first-order valence-electron chi connectivity index (χ1n) is 6.10. The van der Waals surface area contributed by atoms with Crippen molar-refractivity contribution in [3.63, 3.8) is 0 Å². The standard InChI is InChI=1S/C14H11BrFN3OS/c15-10-5-8(1-3-11(10)16)7-21(20)14-18-12-4-2-9(17)6-13(12)19-14/h1-6H,7,17H2,(H,18,19). The van der Waals surface area contributed by atoms with Gasteiger partial charge in [0.1, 0.15) is 5.82 Å². The number of anilines is 1. The molecule has 21 heavy (non-hydrogen) atoms. The van der Waals surface area contributed by atoms with Crippen LogP contribution in [0.2, 0.25) is 0 Å². The van der Waals surface area contributed by atoms with Gasteiger partial charge in [-0.25, -0.2) is 9.37 Å². The molecule has 0 fully saturated rings. The van der Waals surface area contributed by atoms with Crippen molar-refractivity contribution >= 4 is 43.5 Å². The number of imidazole rings is 1. The second-order valence-electron chi connectivity index (χ2n) is 4.56. The number of aromatic amines is 1. The Balaban J connectivity index is 1.87. The summed E-state index contributed by atoms with van der Waals surface area (Å²) in [5.41, 5.74) is 8.55. The van der Waals surface area contributed by atoms with Gasteiger partial charge in [0.2, 0.25) is 0 Å². The molecule has 3 aromatic rings. The van der Waals surface area contributed by atoms with Gasteiger partial charge in [0.25, 0.3) is 0 Å². The van der Waals surface area contributed by atoms with Crippen molar-refractivity contribution in [2.45, 2.75) is 10.9 Å². The Labute approximate surface area is 131 Å². The van der Waals surface area contributed by atoms with Crippen LogP contribution in [0, 0.1) is 5.82 Å². The third kappa shape index (κ3) is 2.98. The Morgan fingerprint density at radius 1 is 1.29 bits per heavy atom. The maximum absolute atomic E-state index is 13.2. The van der Waals surface area contributed by atoms with Gasteiger partial charge in [0.05, 0.1) is 32.1 Å². The third-order valence-electron chi connectivity index (χ3n) is 2.98. The molecule has 108 valence electrons. The van der Waals surface area contributed by atoms with E-state index < -0.39 is 10.8 Å². The fourth-order valence-corrected chi connectivity index (χ4v) is 3.43. The van der Waals surface area contributed by atoms with Crippen LogP contribution in [-0.2, 0) is 16.6 Å². The van der Waals surface area contributed by atoms with Crippen molar-refractivity contribution < 1.29 is 8.60 Å². The second kappa shape index (κ2) is 5.57. The molecule has 0 bridgehead atoms. The maximum atomic E-state index is 13.2. The van der Waals surface area contributed by atoms with Gasteiger partial charge in [0, 0.05) is 5.69 Å². The topological polar surface area (TPSA) is 71.8 Å². The van der Waals surface area contributed by atoms with Crippen molar-refractivity contribution in [3.05, 3.63) is 52.3 Å². The zero-order valence-corrected chi connectivity index (χ0v) is 13.2. The summed E-state index contributed by atoms with van der Waals surface area (Å²) in [6.45, 7) is 0. The number of halogens is 2. The highest BCUT2D eigenvalue weighted by Gasteiger charge is 2.12. The lowest BCUT2D eigenvalue weighted by Crippen LogP contribution is -1.99. The Morgan fingerprint density at radius 3 is 2.86 bits per heavy atom. The highest BCUT2D eigenvalue weighted by molar-refractivity contribution is 9.10. The molecule has 3 N–H and O–H groups in total. The van der Waals surface area contributed by atoms with Gasteiger partial charge in [0.15, 0.2) is 5.16 Å². The lowest BCUT2D eigenvalue weighted by molar-refractivity contribution is 0.620. The summed E-state index contributed by atoms with van der Waals surface area (Å²) in [5, 5.41) is 0.385. The minimum atomic E-state index is -1.34. The van der Waals surface area contributed by atoms with E-state index in [0.717, 1.165) is 11.1 Å². The van der Waals surface area contributed by atoms with E-state index in [-0.39, 0.29) is 11.6 Å². The molecule has 2 aromatic carbocycles. The Kier molecular flexibility index (Phi) is 3.77. The first kappa shape index (κ1) is 14.2. The maximum Gasteiger partial charge on any atom is 0.197 e. The third-order valence-corrected chi connectivity index (χ3v) is 4.81. The number of hydrogen-bond acceptors (Lipinski definition) is 3. The summed E-state index contributed by atoms with van der Waals surface area (Å²) in [6.07, 6.45) is 0. The van der Waals surface area contributed by atoms with Gasteiger partial charge in [-0.3, -0.25) is 4.21 Å². The Bertz CT molecular complexity index is 849. The van der Waals surface area contributed by atoms with E-state index in [9.17, 15) is 8.60 Å². The predicted molar refractivity (Wildman–Crippen MR) is 84.7 cm³/mol. The molecule has 0 aliphatic heterocycles. The number of H-pyrrole nitrogens is 1. The molecule has 0 spiro atoms. The van der Waals surface area contributed by atoms with Crippen LogP contribution in [0.3, 0.4) is 0 Å². The molecule has 3 rings (SSSR count). The molecule has 0 saturated heterocycles. The molecule has 4 nitrogen and oxygen atoms in total. The van der Waals surface area contributed by atoms with Crippen LogP contribution >= 0.6 is 15.9 Å². The fourth-order valence-electron chi connectivity index (χ4n) is 1.96. The summed E-state index contributed by atoms with van der Waals surface area (Å²) in [4.78, 5) is 7.30. The molecule has 0 aliphatic rings. The molecule has 1 heterocycles. The summed E-state index contributed by atoms with van der Waals surface area (Å²) in [7, 11) is -1.34. The second-order valence-corrected chi connectivity index (χ2v) is 6.78. The van der Waals surface area contributed by atoms with E-state index in [1.54, 1.807) is 30.3 Å². The number of nitrogens with zero attached hydrogens (tertiary/aromatic N) is 1. The molecule has 1 atom stereocenters. The van der Waals surface area contributed by atoms with E-state index in [2.05, 4.69) is 25.9 Å². The number of benzene rings is 2. The highest BCUT2D eigenvalue weighted by atomic mass is 79.9. The largest absolute Gasteiger partial charge is 0.399 e. The average Bonchev–Trinajstić information content (AvgIpc) is 2.86. The predicted octanol–water partition coefficient (Wildman–Crippen LogP) is 3.35. The first-order chi connectivity index (χ1) is 10.0. The SMILES string of the molecule is Nc1ccc2nc(S(=O)Cc3ccc(F)c(Br)c3)[nH]c2c1. The molecule has 0 aliphatic carbocycles. The molecular formula is C14H11BrFN3OS. The van der Waals surface area contributed by atoms with Gasteiger partial charge >= 0.3 is 0 Å². The lowest BCUT2D eigenvalue weighted by atomic mass is 10.2. The van der Waals surface area contributed by atoms with E-state index in [1.165, 1.54) is 6.07 Å². The highest BCUT2D eigenvalue weighted by Crippen LogP contribution is 2.21. The number of nitrogen functional groups attached to an aromatic ring is 1. The average molecular weight is 368 g/mol. The number of rotatable bonds is 3. The summed E-state index contributed by atoms with van der Waals surface area (Å²) in [6, 6.07) is 9.84. The molecule has 0 saturated carbocycles. The van der Waals surface area contributed by atoms with Crippen molar-refractivity contribution in [2.24, 2.45) is 0 Å². The van der Waals surface area contributed by atoms with Crippen LogP contribution in [0.1, 0.15) is 5.56 Å². The number of nitrogens with one attached hydrogen (secondary N) is 1. The lowest BCUT2D eigenvalue weighted by Gasteiger charge is -2.01. The van der Waals surface area contributed by atoms with E-state index in [4.69, 9.17) is 5.73 Å². The van der Waals surface area contributed by atoms with Crippen LogP contribution in [0.5, 0.6) is 0 Å². The molecule has 1 aromatic heterocycles. The Morgan fingerprint density at radius 2 is 2.10 bits per heavy atom. The number of nitrogens with two attached hydrogens (primary N) is 1. The van der Waals surface area contributed by atoms with Gasteiger partial charge in [-0.2, -0.15) is 0 Å². The summed E-state index contributed by atoms with van der Waals surface area (Å²) in [5.74, 6) is -0.0856. The first-order valence-corrected chi connectivity index (χ1v) is 8.21. The number of aromatic nitrogens is 2. The van der Waals surface area contributed by atoms with Gasteiger partial charge < -0.3 is 10.7 Å². The number of fused-ring (bicyclic) bond motifs is 1. The molecule has 1 unspecified atom stereocenters. The minimum Gasteiger partial charge on any atom is -0.399 e. The summed E-state index contributed by atoms with van der Waals surface area (Å²) >= 11 is 3.12. The van der Waals surface area contributed by atoms with Crippen LogP contribution in [0.15, 0.2) is 46.0 Å². The van der Waals surface area contributed by atoms with Gasteiger partial charge in [-0.15, -0.1) is 0 Å². The fraction of sp³-hybridized carbons (Fsp3) is 0.0714. The van der Waals surface area contributed by atoms with Crippen molar-refractivity contribution in [1.29, 1.82) is 0 Å². The van der Waals surface area contributed by atoms with E-state index >= 15 is 0 Å². The van der Waals surface area contributed by atoms with E-state index in [0.29, 0.717) is 20.8 Å². The zero-order valence-electron chi connectivity index (χ0n) is 10.8. The molecule has 0 amide bonds. The van der Waals surface area contributed by atoms with Gasteiger partial charge in [-0.1, -0.05) is 6.07 Å².